The Labute approximate surface area is 70.4 Å². The largest absolute Gasteiger partial charge is 0.375 e. The van der Waals surface area contributed by atoms with Crippen molar-refractivity contribution in [1.82, 2.24) is 4.98 Å². The number of thiazole rings is 1. The summed E-state index contributed by atoms with van der Waals surface area (Å²) < 4.78 is 0.845. The number of nitrogen functional groups attached to an aromatic ring is 1. The smallest absolute Gasteiger partial charge is 0.181 e. The maximum Gasteiger partial charge on any atom is 0.181 e. The summed E-state index contributed by atoms with van der Waals surface area (Å²) in [4.78, 5) is 14.0. The summed E-state index contributed by atoms with van der Waals surface area (Å²) in [6, 6.07) is 0. The van der Waals surface area contributed by atoms with E-state index in [0.29, 0.717) is 11.6 Å². The molecule has 0 atom stereocenters. The van der Waals surface area contributed by atoms with Gasteiger partial charge in [0.2, 0.25) is 0 Å². The summed E-state index contributed by atoms with van der Waals surface area (Å²) in [7, 11) is 0. The Kier molecular flexibility index (Phi) is 2.39. The van der Waals surface area contributed by atoms with Crippen LogP contribution in [0.25, 0.3) is 0 Å². The van der Waals surface area contributed by atoms with Crippen molar-refractivity contribution >= 4 is 38.7 Å². The van der Waals surface area contributed by atoms with E-state index >= 15 is 0 Å². The van der Waals surface area contributed by atoms with E-state index in [2.05, 4.69) is 20.9 Å². The van der Waals surface area contributed by atoms with E-state index in [-0.39, 0.29) is 0 Å². The van der Waals surface area contributed by atoms with Gasteiger partial charge in [-0.15, -0.1) is 0 Å². The van der Waals surface area contributed by atoms with Crippen molar-refractivity contribution < 1.29 is 4.79 Å². The molecule has 2 N–H and O–H groups in total. The Morgan fingerprint density at radius 3 is 2.90 bits per heavy atom. The predicted molar refractivity (Wildman–Crippen MR) is 44.0 cm³/mol. The molecule has 1 aromatic rings. The van der Waals surface area contributed by atoms with Crippen LogP contribution in [0.3, 0.4) is 0 Å². The second-order valence-electron chi connectivity index (χ2n) is 1.64. The maximum absolute atomic E-state index is 10.0. The van der Waals surface area contributed by atoms with Gasteiger partial charge in [-0.1, -0.05) is 11.3 Å². The normalized spacial score (nSPS) is 9.70. The van der Waals surface area contributed by atoms with E-state index in [9.17, 15) is 4.79 Å². The fraction of sp³-hybridized carbons (Fsp3) is 0.200. The zero-order valence-electron chi connectivity index (χ0n) is 5.00. The minimum Gasteiger partial charge on any atom is -0.375 e. The van der Waals surface area contributed by atoms with Gasteiger partial charge in [0.1, 0.15) is 6.29 Å². The molecule has 0 fully saturated rings. The molecular weight excluding hydrogens is 216 g/mol. The van der Waals surface area contributed by atoms with Crippen LogP contribution < -0.4 is 5.73 Å². The molecule has 1 heterocycles. The second-order valence-corrected chi connectivity index (χ2v) is 3.99. The van der Waals surface area contributed by atoms with Gasteiger partial charge in [0.05, 0.1) is 9.48 Å². The molecule has 5 heteroatoms. The number of rotatable bonds is 2. The highest BCUT2D eigenvalue weighted by atomic mass is 79.9. The second kappa shape index (κ2) is 3.12. The van der Waals surface area contributed by atoms with Gasteiger partial charge in [0.15, 0.2) is 5.13 Å². The Balaban J connectivity index is 2.91. The van der Waals surface area contributed by atoms with Gasteiger partial charge in [-0.05, 0) is 15.9 Å². The molecule has 0 saturated heterocycles. The molecule has 1 rings (SSSR count). The molecule has 0 aliphatic heterocycles. The van der Waals surface area contributed by atoms with Crippen molar-refractivity contribution in [3.05, 3.63) is 9.48 Å². The van der Waals surface area contributed by atoms with Gasteiger partial charge >= 0.3 is 0 Å². The molecule has 0 unspecified atom stereocenters. The van der Waals surface area contributed by atoms with Crippen molar-refractivity contribution in [2.75, 3.05) is 5.73 Å². The fourth-order valence-electron chi connectivity index (χ4n) is 0.555. The molecule has 0 radical (unpaired) electrons. The monoisotopic (exact) mass is 220 g/mol. The summed E-state index contributed by atoms with van der Waals surface area (Å²) >= 11 is 4.57. The Morgan fingerprint density at radius 2 is 2.50 bits per heavy atom. The zero-order chi connectivity index (χ0) is 7.56. The van der Waals surface area contributed by atoms with Gasteiger partial charge < -0.3 is 10.5 Å². The first kappa shape index (κ1) is 7.68. The highest BCUT2D eigenvalue weighted by molar-refractivity contribution is 9.11. The first-order valence-corrected chi connectivity index (χ1v) is 4.19. The van der Waals surface area contributed by atoms with Crippen LogP contribution in [0, 0.1) is 0 Å². The lowest BCUT2D eigenvalue weighted by Gasteiger charge is -1.83. The maximum atomic E-state index is 10.0. The number of aldehydes is 1. The fourth-order valence-corrected chi connectivity index (χ4v) is 1.89. The van der Waals surface area contributed by atoms with Crippen molar-refractivity contribution in [3.63, 3.8) is 0 Å². The molecule has 1 aromatic heterocycles. The lowest BCUT2D eigenvalue weighted by atomic mass is 10.4. The topological polar surface area (TPSA) is 56.0 Å². The molecular formula is C5H5BrN2OS. The molecule has 54 valence electrons. The van der Waals surface area contributed by atoms with Crippen LogP contribution in [0.2, 0.25) is 0 Å². The van der Waals surface area contributed by atoms with Crippen LogP contribution in [-0.4, -0.2) is 11.3 Å². The number of halogens is 1. The third-order valence-corrected chi connectivity index (χ3v) is 2.60. The first-order chi connectivity index (χ1) is 4.74. The van der Waals surface area contributed by atoms with Crippen LogP contribution >= 0.6 is 27.3 Å². The number of hydrogen-bond acceptors (Lipinski definition) is 4. The molecule has 0 amide bonds. The quantitative estimate of drug-likeness (QED) is 0.764. The van der Waals surface area contributed by atoms with Crippen molar-refractivity contribution in [2.24, 2.45) is 0 Å². The van der Waals surface area contributed by atoms with E-state index in [4.69, 9.17) is 5.73 Å². The molecule has 10 heavy (non-hydrogen) atoms. The van der Waals surface area contributed by atoms with E-state index in [1.165, 1.54) is 11.3 Å². The van der Waals surface area contributed by atoms with Crippen LogP contribution in [0.1, 0.15) is 5.69 Å². The Morgan fingerprint density at radius 1 is 1.80 bits per heavy atom. The van der Waals surface area contributed by atoms with E-state index in [1.807, 2.05) is 0 Å². The predicted octanol–water partition coefficient (Wildman–Crippen LogP) is 1.23. The summed E-state index contributed by atoms with van der Waals surface area (Å²) in [5, 5.41) is 0.490. The number of carbonyl (C=O) groups is 1. The number of nitrogens with zero attached hydrogens (tertiary/aromatic N) is 1. The Hall–Kier alpha value is -0.420. The average molecular weight is 221 g/mol. The van der Waals surface area contributed by atoms with E-state index < -0.39 is 0 Å². The summed E-state index contributed by atoms with van der Waals surface area (Å²) in [5.74, 6) is 0. The standard InChI is InChI=1S/C5H5BrN2OS/c6-4-3(1-2-9)8-5(7)10-4/h2H,1H2,(H2,7,8). The summed E-state index contributed by atoms with van der Waals surface area (Å²) in [6.45, 7) is 0. The third kappa shape index (κ3) is 1.54. The van der Waals surface area contributed by atoms with Gasteiger partial charge in [0.25, 0.3) is 0 Å². The van der Waals surface area contributed by atoms with Gasteiger partial charge in [-0.3, -0.25) is 0 Å². The highest BCUT2D eigenvalue weighted by Gasteiger charge is 2.04. The number of hydrogen-bond donors (Lipinski definition) is 1. The zero-order valence-corrected chi connectivity index (χ0v) is 7.41. The SMILES string of the molecule is Nc1nc(CC=O)c(Br)s1. The van der Waals surface area contributed by atoms with Crippen LogP contribution in [0.5, 0.6) is 0 Å². The third-order valence-electron chi connectivity index (χ3n) is 0.943. The summed E-state index contributed by atoms with van der Waals surface area (Å²) in [5.41, 5.74) is 6.09. The minimum absolute atomic E-state index is 0.328. The molecule has 0 aliphatic carbocycles. The average Bonchev–Trinajstić information content (AvgIpc) is 2.13. The first-order valence-electron chi connectivity index (χ1n) is 2.58. The van der Waals surface area contributed by atoms with Crippen LogP contribution in [-0.2, 0) is 11.2 Å². The molecule has 0 aliphatic rings. The van der Waals surface area contributed by atoms with Gasteiger partial charge in [0, 0.05) is 6.42 Å². The van der Waals surface area contributed by atoms with Crippen LogP contribution in [0.4, 0.5) is 5.13 Å². The molecule has 0 bridgehead atoms. The van der Waals surface area contributed by atoms with Crippen LogP contribution in [0.15, 0.2) is 3.79 Å². The van der Waals surface area contributed by atoms with Gasteiger partial charge in [-0.2, -0.15) is 0 Å². The Bertz CT molecular complexity index is 248. The van der Waals surface area contributed by atoms with Gasteiger partial charge in [-0.25, -0.2) is 4.98 Å². The minimum atomic E-state index is 0.328. The lowest BCUT2D eigenvalue weighted by molar-refractivity contribution is -0.107. The molecule has 0 saturated carbocycles. The van der Waals surface area contributed by atoms with E-state index in [1.54, 1.807) is 0 Å². The number of nitrogens with two attached hydrogens (primary N) is 1. The summed E-state index contributed by atoms with van der Waals surface area (Å²) in [6.07, 6.45) is 1.13. The van der Waals surface area contributed by atoms with Crippen molar-refractivity contribution in [3.8, 4) is 0 Å². The highest BCUT2D eigenvalue weighted by Crippen LogP contribution is 2.25. The van der Waals surface area contributed by atoms with Crippen molar-refractivity contribution in [2.45, 2.75) is 6.42 Å². The molecule has 3 nitrogen and oxygen atoms in total. The molecule has 0 spiro atoms. The van der Waals surface area contributed by atoms with E-state index in [0.717, 1.165) is 15.8 Å². The molecule has 0 aromatic carbocycles. The number of carbonyl (C=O) groups excluding carboxylic acids is 1. The number of aromatic nitrogens is 1. The van der Waals surface area contributed by atoms with Crippen molar-refractivity contribution in [1.29, 1.82) is 0 Å². The number of anilines is 1. The lowest BCUT2D eigenvalue weighted by Crippen LogP contribution is -1.88.